The lowest BCUT2D eigenvalue weighted by molar-refractivity contribution is 0.630. The largest absolute Gasteiger partial charge is 0.206 e. The fourth-order valence-corrected chi connectivity index (χ4v) is 2.77. The van der Waals surface area contributed by atoms with Crippen molar-refractivity contribution in [2.75, 3.05) is 0 Å². The molecule has 0 aromatic heterocycles. The van der Waals surface area contributed by atoms with Crippen LogP contribution in [0.15, 0.2) is 66.7 Å². The Kier molecular flexibility index (Phi) is 6.16. The minimum Gasteiger partial charge on any atom is -0.206 e. The van der Waals surface area contributed by atoms with E-state index < -0.39 is 0 Å². The highest BCUT2D eigenvalue weighted by molar-refractivity contribution is 6.30. The van der Waals surface area contributed by atoms with E-state index in [1.165, 1.54) is 11.1 Å². The first kappa shape index (κ1) is 18.2. The van der Waals surface area contributed by atoms with Crippen LogP contribution in [0.3, 0.4) is 0 Å². The van der Waals surface area contributed by atoms with Gasteiger partial charge in [0.15, 0.2) is 0 Å². The van der Waals surface area contributed by atoms with Crippen molar-refractivity contribution in [2.24, 2.45) is 0 Å². The summed E-state index contributed by atoms with van der Waals surface area (Å²) in [6.07, 6.45) is 1.92. The van der Waals surface area contributed by atoms with Crippen LogP contribution in [0, 0.1) is 12.7 Å². The minimum absolute atomic E-state index is 0. The van der Waals surface area contributed by atoms with E-state index in [0.29, 0.717) is 5.56 Å². The average molecular weight is 341 g/mol. The zero-order chi connectivity index (χ0) is 16.2. The molecule has 0 aliphatic heterocycles. The third-order valence-corrected chi connectivity index (χ3v) is 4.26. The van der Waals surface area contributed by atoms with Gasteiger partial charge in [0.1, 0.15) is 5.82 Å². The smallest absolute Gasteiger partial charge is 0.131 e. The third kappa shape index (κ3) is 4.46. The fourth-order valence-electron chi connectivity index (χ4n) is 2.64. The number of hydrogen-bond acceptors (Lipinski definition) is 0. The molecule has 0 aliphatic rings. The summed E-state index contributed by atoms with van der Waals surface area (Å²) in [6.45, 7) is 1.90. The maximum absolute atomic E-state index is 14.0. The normalized spacial score (nSPS) is 10.3. The molecule has 24 heavy (non-hydrogen) atoms. The molecule has 0 heterocycles. The maximum Gasteiger partial charge on any atom is 0.131 e. The van der Waals surface area contributed by atoms with E-state index in [2.05, 4.69) is 24.3 Å². The molecule has 3 aromatic rings. The summed E-state index contributed by atoms with van der Waals surface area (Å²) >= 11 is 5.90. The Bertz CT molecular complexity index is 789. The Morgan fingerprint density at radius 3 is 1.88 bits per heavy atom. The molecule has 0 radical (unpaired) electrons. The van der Waals surface area contributed by atoms with E-state index in [1.807, 2.05) is 43.3 Å². The summed E-state index contributed by atoms with van der Waals surface area (Å²) in [5, 5.41) is 0.762. The second-order valence-corrected chi connectivity index (χ2v) is 6.24. The fraction of sp³-hybridized carbons (Fsp3) is 0.182. The van der Waals surface area contributed by atoms with Crippen LogP contribution in [0.25, 0.3) is 11.1 Å². The van der Waals surface area contributed by atoms with Gasteiger partial charge in [-0.05, 0) is 60.2 Å². The molecule has 0 bridgehead atoms. The van der Waals surface area contributed by atoms with Crippen molar-refractivity contribution >= 4 is 11.6 Å². The molecule has 0 saturated heterocycles. The molecular formula is C22H22ClF. The molecule has 0 aliphatic carbocycles. The van der Waals surface area contributed by atoms with Gasteiger partial charge in [0, 0.05) is 10.6 Å². The highest BCUT2D eigenvalue weighted by Crippen LogP contribution is 2.24. The average Bonchev–Trinajstić information content (AvgIpc) is 2.55. The van der Waals surface area contributed by atoms with Crippen molar-refractivity contribution in [3.8, 4) is 11.1 Å². The monoisotopic (exact) mass is 340 g/mol. The summed E-state index contributed by atoms with van der Waals surface area (Å²) in [5.41, 5.74) is 5.02. The Labute approximate surface area is 148 Å². The van der Waals surface area contributed by atoms with Crippen LogP contribution in [0.2, 0.25) is 5.02 Å². The SMILES string of the molecule is C.Cc1ccc(-c2ccc(CCc3ccc(Cl)cc3)cc2)c(F)c1. The van der Waals surface area contributed by atoms with E-state index in [9.17, 15) is 4.39 Å². The van der Waals surface area contributed by atoms with E-state index in [4.69, 9.17) is 11.6 Å². The topological polar surface area (TPSA) is 0 Å². The van der Waals surface area contributed by atoms with Crippen LogP contribution < -0.4 is 0 Å². The Balaban J connectivity index is 0.00000208. The van der Waals surface area contributed by atoms with Crippen LogP contribution in [-0.4, -0.2) is 0 Å². The van der Waals surface area contributed by atoms with Gasteiger partial charge in [-0.2, -0.15) is 0 Å². The standard InChI is InChI=1S/C21H18ClF.CH4/c1-15-2-13-20(21(23)14-15)18-9-5-16(6-10-18)3-4-17-7-11-19(22)12-8-17;/h2,5-14H,3-4H2,1H3;1H4. The molecule has 3 aromatic carbocycles. The van der Waals surface area contributed by atoms with Gasteiger partial charge in [-0.1, -0.05) is 67.6 Å². The summed E-state index contributed by atoms with van der Waals surface area (Å²) in [6, 6.07) is 21.4. The van der Waals surface area contributed by atoms with Crippen molar-refractivity contribution in [2.45, 2.75) is 27.2 Å². The minimum atomic E-state index is -0.168. The molecule has 0 atom stereocenters. The molecule has 2 heteroatoms. The van der Waals surface area contributed by atoms with Gasteiger partial charge in [0.2, 0.25) is 0 Å². The van der Waals surface area contributed by atoms with Crippen molar-refractivity contribution in [3.63, 3.8) is 0 Å². The van der Waals surface area contributed by atoms with E-state index in [1.54, 1.807) is 6.07 Å². The lowest BCUT2D eigenvalue weighted by Gasteiger charge is -2.07. The van der Waals surface area contributed by atoms with Crippen molar-refractivity contribution in [1.82, 2.24) is 0 Å². The lowest BCUT2D eigenvalue weighted by atomic mass is 9.99. The predicted molar refractivity (Wildman–Crippen MR) is 102 cm³/mol. The number of hydrogen-bond donors (Lipinski definition) is 0. The molecule has 0 nitrogen and oxygen atoms in total. The van der Waals surface area contributed by atoms with Crippen LogP contribution in [0.1, 0.15) is 24.1 Å². The van der Waals surface area contributed by atoms with Gasteiger partial charge in [-0.3, -0.25) is 0 Å². The molecular weight excluding hydrogens is 319 g/mol. The first-order valence-electron chi connectivity index (χ1n) is 7.72. The van der Waals surface area contributed by atoms with Crippen LogP contribution >= 0.6 is 11.6 Å². The molecule has 0 amide bonds. The Morgan fingerprint density at radius 2 is 1.33 bits per heavy atom. The van der Waals surface area contributed by atoms with Crippen LogP contribution in [-0.2, 0) is 12.8 Å². The molecule has 0 spiro atoms. The molecule has 0 fully saturated rings. The van der Waals surface area contributed by atoms with Gasteiger partial charge in [-0.15, -0.1) is 0 Å². The van der Waals surface area contributed by atoms with Gasteiger partial charge >= 0.3 is 0 Å². The summed E-state index contributed by atoms with van der Waals surface area (Å²) in [5.74, 6) is -0.168. The Hall–Kier alpha value is -2.12. The van der Waals surface area contributed by atoms with Gasteiger partial charge in [0.05, 0.1) is 0 Å². The van der Waals surface area contributed by atoms with Crippen molar-refractivity contribution < 1.29 is 4.39 Å². The second kappa shape index (κ2) is 8.12. The molecule has 124 valence electrons. The maximum atomic E-state index is 14.0. The second-order valence-electron chi connectivity index (χ2n) is 5.81. The molecule has 3 rings (SSSR count). The molecule has 0 saturated carbocycles. The Morgan fingerprint density at radius 1 is 0.792 bits per heavy atom. The number of benzene rings is 3. The van der Waals surface area contributed by atoms with E-state index >= 15 is 0 Å². The number of rotatable bonds is 4. The van der Waals surface area contributed by atoms with E-state index in [0.717, 1.165) is 29.0 Å². The molecule has 0 unspecified atom stereocenters. The first-order chi connectivity index (χ1) is 11.1. The summed E-state index contributed by atoms with van der Waals surface area (Å²) in [4.78, 5) is 0. The summed E-state index contributed by atoms with van der Waals surface area (Å²) < 4.78 is 14.0. The lowest BCUT2D eigenvalue weighted by Crippen LogP contribution is -1.92. The third-order valence-electron chi connectivity index (χ3n) is 4.01. The number of halogens is 2. The first-order valence-corrected chi connectivity index (χ1v) is 8.09. The summed E-state index contributed by atoms with van der Waals surface area (Å²) in [7, 11) is 0. The van der Waals surface area contributed by atoms with Crippen LogP contribution in [0.5, 0.6) is 0 Å². The zero-order valence-electron chi connectivity index (χ0n) is 13.0. The van der Waals surface area contributed by atoms with Crippen molar-refractivity contribution in [1.29, 1.82) is 0 Å². The van der Waals surface area contributed by atoms with Gasteiger partial charge in [0.25, 0.3) is 0 Å². The van der Waals surface area contributed by atoms with Crippen LogP contribution in [0.4, 0.5) is 4.39 Å². The number of aryl methyl sites for hydroxylation is 3. The quantitative estimate of drug-likeness (QED) is 0.485. The highest BCUT2D eigenvalue weighted by Gasteiger charge is 2.05. The highest BCUT2D eigenvalue weighted by atomic mass is 35.5. The molecule has 0 N–H and O–H groups in total. The predicted octanol–water partition coefficient (Wildman–Crippen LogP) is 6.88. The van der Waals surface area contributed by atoms with Gasteiger partial charge in [-0.25, -0.2) is 4.39 Å². The van der Waals surface area contributed by atoms with Crippen molar-refractivity contribution in [3.05, 3.63) is 94.3 Å². The van der Waals surface area contributed by atoms with E-state index in [-0.39, 0.29) is 13.2 Å². The van der Waals surface area contributed by atoms with Gasteiger partial charge < -0.3 is 0 Å². The zero-order valence-corrected chi connectivity index (χ0v) is 13.8.